The Morgan fingerprint density at radius 1 is 1.33 bits per heavy atom. The summed E-state index contributed by atoms with van der Waals surface area (Å²) in [5.74, 6) is 0. The maximum Gasteiger partial charge on any atom is 0.255 e. The van der Waals surface area contributed by atoms with Gasteiger partial charge in [-0.2, -0.15) is 0 Å². The van der Waals surface area contributed by atoms with Crippen LogP contribution in [0.1, 0.15) is 0 Å². The molecule has 0 unspecified atom stereocenters. The number of halogens is 4. The summed E-state index contributed by atoms with van der Waals surface area (Å²) in [6.45, 7) is 0. The van der Waals surface area contributed by atoms with Gasteiger partial charge >= 0.3 is 0 Å². The zero-order chi connectivity index (χ0) is 5.41. The summed E-state index contributed by atoms with van der Waals surface area (Å²) in [4.78, 5) is 0. The third kappa shape index (κ3) is 110. The molecule has 0 saturated carbocycles. The first-order valence-corrected chi connectivity index (χ1v) is 2.53. The zero-order valence-corrected chi connectivity index (χ0v) is 4.96. The Labute approximate surface area is 49.4 Å². The van der Waals surface area contributed by atoms with Crippen molar-refractivity contribution in [2.75, 3.05) is 5.34 Å². The molecule has 0 nitrogen and oxygen atoms in total. The molecule has 0 aromatic rings. The summed E-state index contributed by atoms with van der Waals surface area (Å²) < 4.78 is 19.1. The molecule has 0 aromatic heterocycles. The van der Waals surface area contributed by atoms with Gasteiger partial charge in [-0.1, -0.05) is 0 Å². The van der Waals surface area contributed by atoms with Gasteiger partial charge in [0.2, 0.25) is 0 Å². The van der Waals surface area contributed by atoms with Gasteiger partial charge in [-0.3, -0.25) is 0 Å². The summed E-state index contributed by atoms with van der Waals surface area (Å²) in [7, 11) is 0. The molecule has 0 saturated heterocycles. The van der Waals surface area contributed by atoms with E-state index in [1.54, 1.807) is 0 Å². The lowest BCUT2D eigenvalue weighted by molar-refractivity contribution is 0.814. The highest BCUT2D eigenvalue weighted by Gasteiger charge is 1.49. The maximum atomic E-state index is 9.54. The molecule has 0 aromatic carbocycles. The molecule has 0 aliphatic carbocycles. The molecule has 0 bridgehead atoms. The Balaban J connectivity index is 0. The van der Waals surface area contributed by atoms with Crippen LogP contribution in [0.4, 0.5) is 7.77 Å². The monoisotopic (exact) mass is 154 g/mol. The SMILES string of the molecule is ClCCl.FSF. The lowest BCUT2D eigenvalue weighted by Gasteiger charge is -1.42. The van der Waals surface area contributed by atoms with Crippen molar-refractivity contribution in [3.63, 3.8) is 0 Å². The van der Waals surface area contributed by atoms with E-state index in [4.69, 9.17) is 23.2 Å². The average Bonchev–Trinajstić information content (AvgIpc) is 1.39. The highest BCUT2D eigenvalue weighted by Crippen LogP contribution is 1.95. The first-order chi connectivity index (χ1) is 2.83. The highest BCUT2D eigenvalue weighted by atomic mass is 35.5. The molecule has 0 atom stereocenters. The van der Waals surface area contributed by atoms with Crippen LogP contribution in [0.25, 0.3) is 0 Å². The summed E-state index contributed by atoms with van der Waals surface area (Å²) in [5.41, 5.74) is 0. The van der Waals surface area contributed by atoms with Gasteiger partial charge in [0.25, 0.3) is 12.5 Å². The summed E-state index contributed by atoms with van der Waals surface area (Å²) in [6.07, 6.45) is 0. The molecule has 0 spiro atoms. The minimum absolute atomic E-state index is 0.194. The fraction of sp³-hybridized carbons (Fsp3) is 1.00. The van der Waals surface area contributed by atoms with Gasteiger partial charge in [-0.25, -0.2) is 0 Å². The molecule has 0 rings (SSSR count). The van der Waals surface area contributed by atoms with Crippen molar-refractivity contribution in [3.8, 4) is 0 Å². The van der Waals surface area contributed by atoms with Gasteiger partial charge in [0.1, 0.15) is 0 Å². The van der Waals surface area contributed by atoms with Crippen LogP contribution in [0.2, 0.25) is 0 Å². The van der Waals surface area contributed by atoms with Crippen LogP contribution in [0.3, 0.4) is 0 Å². The molecule has 40 valence electrons. The quantitative estimate of drug-likeness (QED) is 0.484. The summed E-state index contributed by atoms with van der Waals surface area (Å²) in [6, 6.07) is 0. The molecule has 0 amide bonds. The Kier molecular flexibility index (Phi) is 28.2. The van der Waals surface area contributed by atoms with E-state index in [9.17, 15) is 7.77 Å². The standard InChI is InChI=1S/CH2Cl2.F2S/c2-1-3;1-3-2/h1H2;. The van der Waals surface area contributed by atoms with Crippen LogP contribution in [0.15, 0.2) is 0 Å². The van der Waals surface area contributed by atoms with E-state index in [0.29, 0.717) is 0 Å². The summed E-state index contributed by atoms with van der Waals surface area (Å²) >= 11 is 8.28. The minimum atomic E-state index is -1.25. The molecule has 0 N–H and O–H groups in total. The number of rotatable bonds is 0. The molecule has 0 aliphatic heterocycles. The van der Waals surface area contributed by atoms with E-state index >= 15 is 0 Å². The van der Waals surface area contributed by atoms with E-state index in [2.05, 4.69) is 0 Å². The lowest BCUT2D eigenvalue weighted by atomic mass is 11.9. The second-order valence-corrected chi connectivity index (χ2v) is 1.08. The van der Waals surface area contributed by atoms with Crippen LogP contribution in [-0.4, -0.2) is 5.34 Å². The van der Waals surface area contributed by atoms with E-state index in [0.717, 1.165) is 0 Å². The molecule has 0 heterocycles. The third-order valence-electron chi connectivity index (χ3n) is 0. The van der Waals surface area contributed by atoms with Gasteiger partial charge < -0.3 is 0 Å². The molecule has 0 fully saturated rings. The topological polar surface area (TPSA) is 0 Å². The number of alkyl halides is 2. The van der Waals surface area contributed by atoms with E-state index < -0.39 is 12.5 Å². The molecule has 0 aliphatic rings. The number of hydrogen-bond acceptors (Lipinski definition) is 1. The minimum Gasteiger partial charge on any atom is -0.127 e. The van der Waals surface area contributed by atoms with E-state index in [1.165, 1.54) is 0 Å². The first-order valence-electron chi connectivity index (χ1n) is 0.843. The van der Waals surface area contributed by atoms with Crippen molar-refractivity contribution < 1.29 is 7.77 Å². The van der Waals surface area contributed by atoms with Gasteiger partial charge in [0, 0.05) is 0 Å². The van der Waals surface area contributed by atoms with Crippen LogP contribution in [0.5, 0.6) is 0 Å². The lowest BCUT2D eigenvalue weighted by Crippen LogP contribution is -1.24. The molecule has 6 heavy (non-hydrogen) atoms. The largest absolute Gasteiger partial charge is 0.255 e. The normalized spacial score (nSPS) is 6.00. The second kappa shape index (κ2) is 17.1. The molecular formula is CH2Cl2F2S. The third-order valence-corrected chi connectivity index (χ3v) is 0. The molecular weight excluding hydrogens is 153 g/mol. The predicted molar refractivity (Wildman–Crippen MR) is 26.4 cm³/mol. The maximum absolute atomic E-state index is 9.54. The van der Waals surface area contributed by atoms with Crippen molar-refractivity contribution in [3.05, 3.63) is 0 Å². The molecule has 5 heteroatoms. The fourth-order valence-corrected chi connectivity index (χ4v) is 0. The van der Waals surface area contributed by atoms with Crippen molar-refractivity contribution in [1.82, 2.24) is 0 Å². The van der Waals surface area contributed by atoms with Gasteiger partial charge in [-0.05, 0) is 0 Å². The van der Waals surface area contributed by atoms with Crippen molar-refractivity contribution in [2.24, 2.45) is 0 Å². The highest BCUT2D eigenvalue weighted by molar-refractivity contribution is 7.89. The predicted octanol–water partition coefficient (Wildman–Crippen LogP) is 2.91. The smallest absolute Gasteiger partial charge is 0.127 e. The van der Waals surface area contributed by atoms with Gasteiger partial charge in [-0.15, -0.1) is 31.0 Å². The Hall–Kier alpha value is 0.790. The Bertz CT molecular complexity index is 13.5. The van der Waals surface area contributed by atoms with Gasteiger partial charge in [0.05, 0.1) is 5.34 Å². The number of hydrogen-bond donors (Lipinski definition) is 0. The second-order valence-electron chi connectivity index (χ2n) is 0.159. The average molecular weight is 155 g/mol. The van der Waals surface area contributed by atoms with Crippen LogP contribution < -0.4 is 0 Å². The Morgan fingerprint density at radius 3 is 1.33 bits per heavy atom. The van der Waals surface area contributed by atoms with E-state index in [1.807, 2.05) is 0 Å². The van der Waals surface area contributed by atoms with Gasteiger partial charge in [0.15, 0.2) is 0 Å². The van der Waals surface area contributed by atoms with Crippen molar-refractivity contribution in [2.45, 2.75) is 0 Å². The zero-order valence-electron chi connectivity index (χ0n) is 2.63. The summed E-state index contributed by atoms with van der Waals surface area (Å²) in [5, 5.41) is 0.194. The van der Waals surface area contributed by atoms with Crippen LogP contribution >= 0.6 is 35.7 Å². The van der Waals surface area contributed by atoms with Crippen LogP contribution in [0, 0.1) is 0 Å². The molecule has 0 radical (unpaired) electrons. The van der Waals surface area contributed by atoms with Crippen molar-refractivity contribution in [1.29, 1.82) is 0 Å². The first kappa shape index (κ1) is 9.92. The van der Waals surface area contributed by atoms with E-state index in [-0.39, 0.29) is 5.34 Å². The Morgan fingerprint density at radius 2 is 1.33 bits per heavy atom. The van der Waals surface area contributed by atoms with Crippen molar-refractivity contribution >= 4 is 35.7 Å². The fourth-order valence-electron chi connectivity index (χ4n) is 0. The van der Waals surface area contributed by atoms with Crippen LogP contribution in [-0.2, 0) is 0 Å².